The molecule has 5 nitrogen and oxygen atoms in total. The Labute approximate surface area is 118 Å². The molecule has 0 spiro atoms. The van der Waals surface area contributed by atoms with Gasteiger partial charge in [0.05, 0.1) is 12.6 Å². The van der Waals surface area contributed by atoms with Gasteiger partial charge in [-0.3, -0.25) is 0 Å². The second-order valence-corrected chi connectivity index (χ2v) is 5.05. The molecular weight excluding hydrogens is 254 g/mol. The number of nitrogens with one attached hydrogen (secondary N) is 3. The lowest BCUT2D eigenvalue weighted by Gasteiger charge is -2.11. The summed E-state index contributed by atoms with van der Waals surface area (Å²) in [7, 11) is 0. The van der Waals surface area contributed by atoms with Gasteiger partial charge >= 0.3 is 6.03 Å². The van der Waals surface area contributed by atoms with E-state index in [1.807, 2.05) is 12.3 Å². The molecule has 20 heavy (non-hydrogen) atoms. The Hall–Kier alpha value is -2.01. The van der Waals surface area contributed by atoms with Gasteiger partial charge in [0, 0.05) is 23.6 Å². The maximum atomic E-state index is 11.5. The first-order chi connectivity index (χ1) is 9.61. The van der Waals surface area contributed by atoms with Crippen molar-refractivity contribution in [3.05, 3.63) is 35.5 Å². The second kappa shape index (κ2) is 6.43. The van der Waals surface area contributed by atoms with E-state index in [-0.39, 0.29) is 18.7 Å². The van der Waals surface area contributed by atoms with Gasteiger partial charge < -0.3 is 20.7 Å². The number of H-pyrrole nitrogens is 1. The van der Waals surface area contributed by atoms with E-state index >= 15 is 0 Å². The Kier molecular flexibility index (Phi) is 4.63. The molecule has 1 atom stereocenters. The molecule has 2 rings (SSSR count). The number of carbonyl (C=O) groups is 1. The van der Waals surface area contributed by atoms with Gasteiger partial charge in [-0.1, -0.05) is 18.2 Å². The SMILES string of the molecule is Cc1cccc2c(CCNC(=O)NC(C)CO)c[nH]c12. The van der Waals surface area contributed by atoms with E-state index in [1.165, 1.54) is 16.5 Å². The standard InChI is InChI=1S/C15H21N3O2/c1-10-4-3-5-13-12(8-17-14(10)13)6-7-16-15(20)18-11(2)9-19/h3-5,8,11,17,19H,6-7,9H2,1-2H3,(H2,16,18,20). The third kappa shape index (κ3) is 3.30. The topological polar surface area (TPSA) is 77.2 Å². The lowest BCUT2D eigenvalue weighted by molar-refractivity contribution is 0.220. The molecule has 0 aliphatic heterocycles. The van der Waals surface area contributed by atoms with Crippen LogP contribution in [0.4, 0.5) is 4.79 Å². The first-order valence-corrected chi connectivity index (χ1v) is 6.82. The summed E-state index contributed by atoms with van der Waals surface area (Å²) in [5.74, 6) is 0. The lowest BCUT2D eigenvalue weighted by atomic mass is 10.1. The van der Waals surface area contributed by atoms with Crippen molar-refractivity contribution in [1.82, 2.24) is 15.6 Å². The molecule has 5 heteroatoms. The summed E-state index contributed by atoms with van der Waals surface area (Å²) in [6, 6.07) is 5.72. The number of para-hydroxylation sites is 1. The Balaban J connectivity index is 1.90. The van der Waals surface area contributed by atoms with Crippen molar-refractivity contribution in [2.75, 3.05) is 13.2 Å². The van der Waals surface area contributed by atoms with Crippen LogP contribution in [0.1, 0.15) is 18.1 Å². The minimum absolute atomic E-state index is 0.0604. The van der Waals surface area contributed by atoms with E-state index in [4.69, 9.17) is 5.11 Å². The van der Waals surface area contributed by atoms with Gasteiger partial charge in [-0.2, -0.15) is 0 Å². The molecule has 0 saturated heterocycles. The van der Waals surface area contributed by atoms with Gasteiger partial charge in [0.2, 0.25) is 0 Å². The van der Waals surface area contributed by atoms with Gasteiger partial charge in [-0.05, 0) is 31.4 Å². The highest BCUT2D eigenvalue weighted by molar-refractivity contribution is 5.85. The largest absolute Gasteiger partial charge is 0.394 e. The van der Waals surface area contributed by atoms with Crippen LogP contribution in [0.5, 0.6) is 0 Å². The Morgan fingerprint density at radius 1 is 1.45 bits per heavy atom. The Bertz CT molecular complexity index is 592. The number of aromatic amines is 1. The predicted molar refractivity (Wildman–Crippen MR) is 79.8 cm³/mol. The lowest BCUT2D eigenvalue weighted by Crippen LogP contribution is -2.42. The summed E-state index contributed by atoms with van der Waals surface area (Å²) in [6.45, 7) is 4.33. The van der Waals surface area contributed by atoms with Crippen molar-refractivity contribution in [3.8, 4) is 0 Å². The summed E-state index contributed by atoms with van der Waals surface area (Å²) in [4.78, 5) is 14.8. The van der Waals surface area contributed by atoms with Crippen molar-refractivity contribution >= 4 is 16.9 Å². The molecule has 2 amide bonds. The second-order valence-electron chi connectivity index (χ2n) is 5.05. The molecule has 108 valence electrons. The number of urea groups is 1. The summed E-state index contributed by atoms with van der Waals surface area (Å²) in [5, 5.41) is 15.5. The monoisotopic (exact) mass is 275 g/mol. The number of aromatic nitrogens is 1. The zero-order valence-corrected chi connectivity index (χ0v) is 11.9. The fourth-order valence-electron chi connectivity index (χ4n) is 2.20. The van der Waals surface area contributed by atoms with E-state index in [0.717, 1.165) is 11.9 Å². The summed E-state index contributed by atoms with van der Waals surface area (Å²) in [5.41, 5.74) is 3.57. The number of hydrogen-bond acceptors (Lipinski definition) is 2. The van der Waals surface area contributed by atoms with Gasteiger partial charge in [-0.25, -0.2) is 4.79 Å². The van der Waals surface area contributed by atoms with Crippen molar-refractivity contribution in [2.45, 2.75) is 26.3 Å². The van der Waals surface area contributed by atoms with Gasteiger partial charge in [0.25, 0.3) is 0 Å². The molecule has 0 fully saturated rings. The van der Waals surface area contributed by atoms with E-state index < -0.39 is 0 Å². The van der Waals surface area contributed by atoms with Crippen LogP contribution >= 0.6 is 0 Å². The summed E-state index contributed by atoms with van der Waals surface area (Å²) in [6.07, 6.45) is 2.76. The van der Waals surface area contributed by atoms with Gasteiger partial charge in [0.15, 0.2) is 0 Å². The highest BCUT2D eigenvalue weighted by atomic mass is 16.3. The summed E-state index contributed by atoms with van der Waals surface area (Å²) >= 11 is 0. The number of aliphatic hydroxyl groups is 1. The van der Waals surface area contributed by atoms with E-state index in [1.54, 1.807) is 6.92 Å². The average Bonchev–Trinajstić information content (AvgIpc) is 2.83. The molecule has 0 aliphatic carbocycles. The van der Waals surface area contributed by atoms with E-state index in [2.05, 4.69) is 34.7 Å². The number of carbonyl (C=O) groups excluding carboxylic acids is 1. The van der Waals surface area contributed by atoms with Crippen molar-refractivity contribution < 1.29 is 9.90 Å². The molecule has 1 heterocycles. The molecule has 0 bridgehead atoms. The van der Waals surface area contributed by atoms with Crippen molar-refractivity contribution in [2.24, 2.45) is 0 Å². The van der Waals surface area contributed by atoms with Crippen LogP contribution in [0.2, 0.25) is 0 Å². The highest BCUT2D eigenvalue weighted by Crippen LogP contribution is 2.21. The first kappa shape index (κ1) is 14.4. The number of aliphatic hydroxyl groups excluding tert-OH is 1. The zero-order chi connectivity index (χ0) is 14.5. The number of fused-ring (bicyclic) bond motifs is 1. The Morgan fingerprint density at radius 2 is 2.25 bits per heavy atom. The molecule has 0 saturated carbocycles. The maximum absolute atomic E-state index is 11.5. The minimum Gasteiger partial charge on any atom is -0.394 e. The number of amides is 2. The number of benzene rings is 1. The van der Waals surface area contributed by atoms with Crippen LogP contribution < -0.4 is 10.6 Å². The third-order valence-corrected chi connectivity index (χ3v) is 3.34. The maximum Gasteiger partial charge on any atom is 0.315 e. The average molecular weight is 275 g/mol. The van der Waals surface area contributed by atoms with Crippen LogP contribution in [0, 0.1) is 6.92 Å². The smallest absolute Gasteiger partial charge is 0.315 e. The molecule has 4 N–H and O–H groups in total. The molecule has 1 aromatic heterocycles. The quantitative estimate of drug-likeness (QED) is 0.670. The van der Waals surface area contributed by atoms with Crippen molar-refractivity contribution in [3.63, 3.8) is 0 Å². The van der Waals surface area contributed by atoms with Crippen LogP contribution in [0.3, 0.4) is 0 Å². The summed E-state index contributed by atoms with van der Waals surface area (Å²) < 4.78 is 0. The number of hydrogen-bond donors (Lipinski definition) is 4. The molecular formula is C15H21N3O2. The van der Waals surface area contributed by atoms with Crippen molar-refractivity contribution in [1.29, 1.82) is 0 Å². The third-order valence-electron chi connectivity index (χ3n) is 3.34. The van der Waals surface area contributed by atoms with E-state index in [9.17, 15) is 4.79 Å². The molecule has 1 unspecified atom stereocenters. The molecule has 1 aromatic carbocycles. The van der Waals surface area contributed by atoms with Gasteiger partial charge in [-0.15, -0.1) is 0 Å². The fraction of sp³-hybridized carbons (Fsp3) is 0.400. The molecule has 0 aliphatic rings. The number of aryl methyl sites for hydroxylation is 1. The molecule has 0 radical (unpaired) electrons. The van der Waals surface area contributed by atoms with Crippen LogP contribution in [0.15, 0.2) is 24.4 Å². The first-order valence-electron chi connectivity index (χ1n) is 6.82. The minimum atomic E-state index is -0.248. The fourth-order valence-corrected chi connectivity index (χ4v) is 2.20. The highest BCUT2D eigenvalue weighted by Gasteiger charge is 2.07. The predicted octanol–water partition coefficient (Wildman–Crippen LogP) is 1.70. The zero-order valence-electron chi connectivity index (χ0n) is 11.9. The Morgan fingerprint density at radius 3 is 3.00 bits per heavy atom. The van der Waals surface area contributed by atoms with Gasteiger partial charge in [0.1, 0.15) is 0 Å². The normalized spacial score (nSPS) is 12.3. The van der Waals surface area contributed by atoms with Crippen LogP contribution in [0.25, 0.3) is 10.9 Å². The molecule has 2 aromatic rings. The number of rotatable bonds is 5. The van der Waals surface area contributed by atoms with Crippen LogP contribution in [-0.4, -0.2) is 35.3 Å². The van der Waals surface area contributed by atoms with Crippen LogP contribution in [-0.2, 0) is 6.42 Å². The van der Waals surface area contributed by atoms with E-state index in [0.29, 0.717) is 6.54 Å².